The first-order valence-electron chi connectivity index (χ1n) is 4.98. The SMILES string of the molecule is CC(CNc1ccc(F)cc1C(N)=O)C(=O)O. The van der Waals surface area contributed by atoms with Gasteiger partial charge >= 0.3 is 5.97 Å². The van der Waals surface area contributed by atoms with E-state index in [1.54, 1.807) is 0 Å². The molecule has 1 amide bonds. The zero-order chi connectivity index (χ0) is 13.0. The molecule has 17 heavy (non-hydrogen) atoms. The second kappa shape index (κ2) is 5.29. The van der Waals surface area contributed by atoms with Gasteiger partial charge in [0.1, 0.15) is 5.82 Å². The molecule has 1 rings (SSSR count). The van der Waals surface area contributed by atoms with Gasteiger partial charge in [0.2, 0.25) is 0 Å². The Morgan fingerprint density at radius 1 is 1.53 bits per heavy atom. The quantitative estimate of drug-likeness (QED) is 0.717. The fourth-order valence-corrected chi connectivity index (χ4v) is 1.22. The van der Waals surface area contributed by atoms with Crippen LogP contribution in [0.1, 0.15) is 17.3 Å². The van der Waals surface area contributed by atoms with Crippen LogP contribution in [0, 0.1) is 11.7 Å². The molecule has 4 N–H and O–H groups in total. The second-order valence-electron chi connectivity index (χ2n) is 3.67. The molecule has 0 fully saturated rings. The summed E-state index contributed by atoms with van der Waals surface area (Å²) in [5.41, 5.74) is 5.42. The van der Waals surface area contributed by atoms with Gasteiger partial charge in [0, 0.05) is 12.2 Å². The molecule has 0 spiro atoms. The maximum absolute atomic E-state index is 12.9. The molecule has 0 aromatic heterocycles. The molecule has 0 heterocycles. The molecule has 0 bridgehead atoms. The summed E-state index contributed by atoms with van der Waals surface area (Å²) in [4.78, 5) is 21.7. The van der Waals surface area contributed by atoms with Crippen molar-refractivity contribution in [2.75, 3.05) is 11.9 Å². The van der Waals surface area contributed by atoms with Crippen LogP contribution in [-0.4, -0.2) is 23.5 Å². The van der Waals surface area contributed by atoms with E-state index in [-0.39, 0.29) is 12.1 Å². The number of carbonyl (C=O) groups is 2. The third-order valence-electron chi connectivity index (χ3n) is 2.27. The highest BCUT2D eigenvalue weighted by Gasteiger charge is 2.13. The first-order valence-corrected chi connectivity index (χ1v) is 4.98. The van der Waals surface area contributed by atoms with Crippen molar-refractivity contribution in [2.24, 2.45) is 11.7 Å². The number of rotatable bonds is 5. The predicted molar refractivity (Wildman–Crippen MR) is 60.2 cm³/mol. The van der Waals surface area contributed by atoms with E-state index >= 15 is 0 Å². The van der Waals surface area contributed by atoms with Crippen molar-refractivity contribution < 1.29 is 19.1 Å². The number of anilines is 1. The summed E-state index contributed by atoms with van der Waals surface area (Å²) in [6.45, 7) is 1.64. The van der Waals surface area contributed by atoms with Crippen LogP contribution in [0.15, 0.2) is 18.2 Å². The van der Waals surface area contributed by atoms with Gasteiger partial charge in [0.05, 0.1) is 11.5 Å². The van der Waals surface area contributed by atoms with Crippen molar-refractivity contribution >= 4 is 17.6 Å². The number of nitrogens with one attached hydrogen (secondary N) is 1. The maximum Gasteiger partial charge on any atom is 0.308 e. The number of carboxylic acid groups (broad SMARTS) is 1. The lowest BCUT2D eigenvalue weighted by Gasteiger charge is -2.12. The van der Waals surface area contributed by atoms with Crippen LogP contribution in [0.3, 0.4) is 0 Å². The summed E-state index contributed by atoms with van der Waals surface area (Å²) >= 11 is 0. The van der Waals surface area contributed by atoms with Gasteiger partial charge < -0.3 is 16.2 Å². The van der Waals surface area contributed by atoms with Gasteiger partial charge in [-0.15, -0.1) is 0 Å². The summed E-state index contributed by atoms with van der Waals surface area (Å²) in [6.07, 6.45) is 0. The van der Waals surface area contributed by atoms with Crippen molar-refractivity contribution in [1.82, 2.24) is 0 Å². The van der Waals surface area contributed by atoms with Crippen LogP contribution in [0.2, 0.25) is 0 Å². The molecular weight excluding hydrogens is 227 g/mol. The van der Waals surface area contributed by atoms with Gasteiger partial charge in [-0.1, -0.05) is 6.92 Å². The average Bonchev–Trinajstić information content (AvgIpc) is 2.26. The normalized spacial score (nSPS) is 11.9. The third-order valence-corrected chi connectivity index (χ3v) is 2.27. The monoisotopic (exact) mass is 240 g/mol. The van der Waals surface area contributed by atoms with E-state index in [1.807, 2.05) is 0 Å². The number of carbonyl (C=O) groups excluding carboxylic acids is 1. The number of aliphatic carboxylic acids is 1. The Balaban J connectivity index is 2.84. The molecule has 1 atom stereocenters. The molecule has 92 valence electrons. The second-order valence-corrected chi connectivity index (χ2v) is 3.67. The zero-order valence-electron chi connectivity index (χ0n) is 9.24. The van der Waals surface area contributed by atoms with Crippen molar-refractivity contribution in [2.45, 2.75) is 6.92 Å². The van der Waals surface area contributed by atoms with Crippen molar-refractivity contribution in [3.05, 3.63) is 29.6 Å². The number of carboxylic acids is 1. The lowest BCUT2D eigenvalue weighted by atomic mass is 10.1. The van der Waals surface area contributed by atoms with Crippen LogP contribution in [0.5, 0.6) is 0 Å². The van der Waals surface area contributed by atoms with Crippen LogP contribution >= 0.6 is 0 Å². The van der Waals surface area contributed by atoms with E-state index in [9.17, 15) is 14.0 Å². The lowest BCUT2D eigenvalue weighted by Crippen LogP contribution is -2.21. The first kappa shape index (κ1) is 13.0. The Labute approximate surface area is 97.4 Å². The van der Waals surface area contributed by atoms with Gasteiger partial charge in [-0.3, -0.25) is 9.59 Å². The Morgan fingerprint density at radius 2 is 2.18 bits per heavy atom. The highest BCUT2D eigenvalue weighted by atomic mass is 19.1. The van der Waals surface area contributed by atoms with Crippen molar-refractivity contribution in [3.63, 3.8) is 0 Å². The van der Waals surface area contributed by atoms with Crippen LogP contribution < -0.4 is 11.1 Å². The zero-order valence-corrected chi connectivity index (χ0v) is 9.24. The highest BCUT2D eigenvalue weighted by molar-refractivity contribution is 5.98. The van der Waals surface area contributed by atoms with E-state index in [1.165, 1.54) is 19.1 Å². The van der Waals surface area contributed by atoms with Gasteiger partial charge in [0.15, 0.2) is 0 Å². The topological polar surface area (TPSA) is 92.4 Å². The number of benzene rings is 1. The average molecular weight is 240 g/mol. The molecule has 0 radical (unpaired) electrons. The number of amides is 1. The third kappa shape index (κ3) is 3.44. The van der Waals surface area contributed by atoms with Gasteiger partial charge in [0.25, 0.3) is 5.91 Å². The fourth-order valence-electron chi connectivity index (χ4n) is 1.22. The summed E-state index contributed by atoms with van der Waals surface area (Å²) in [5.74, 6) is -2.92. The Morgan fingerprint density at radius 3 is 2.71 bits per heavy atom. The van der Waals surface area contributed by atoms with Gasteiger partial charge in [-0.25, -0.2) is 4.39 Å². The minimum Gasteiger partial charge on any atom is -0.481 e. The maximum atomic E-state index is 12.9. The Hall–Kier alpha value is -2.11. The summed E-state index contributed by atoms with van der Waals surface area (Å²) in [6, 6.07) is 3.53. The Bertz CT molecular complexity index is 448. The number of primary amides is 1. The molecule has 0 aliphatic heterocycles. The van der Waals surface area contributed by atoms with E-state index in [0.29, 0.717) is 5.69 Å². The molecule has 1 aromatic rings. The molecule has 0 saturated carbocycles. The molecule has 6 heteroatoms. The molecule has 5 nitrogen and oxygen atoms in total. The van der Waals surface area contributed by atoms with Crippen LogP contribution in [0.4, 0.5) is 10.1 Å². The number of hydrogen-bond acceptors (Lipinski definition) is 3. The van der Waals surface area contributed by atoms with E-state index in [2.05, 4.69) is 5.32 Å². The largest absolute Gasteiger partial charge is 0.481 e. The molecule has 0 aliphatic rings. The summed E-state index contributed by atoms with van der Waals surface area (Å²) in [7, 11) is 0. The molecular formula is C11H13FN2O3. The van der Waals surface area contributed by atoms with Crippen LogP contribution in [0.25, 0.3) is 0 Å². The van der Waals surface area contributed by atoms with Crippen LogP contribution in [-0.2, 0) is 4.79 Å². The predicted octanol–water partition coefficient (Wildman–Crippen LogP) is 1.06. The van der Waals surface area contributed by atoms with E-state index in [0.717, 1.165) is 6.07 Å². The van der Waals surface area contributed by atoms with Crippen molar-refractivity contribution in [1.29, 1.82) is 0 Å². The standard InChI is InChI=1S/C11H13FN2O3/c1-6(11(16)17)5-14-9-3-2-7(12)4-8(9)10(13)15/h2-4,6,14H,5H2,1H3,(H2,13,15)(H,16,17). The molecule has 0 aliphatic carbocycles. The summed E-state index contributed by atoms with van der Waals surface area (Å²) < 4.78 is 12.9. The highest BCUT2D eigenvalue weighted by Crippen LogP contribution is 2.16. The number of nitrogens with two attached hydrogens (primary N) is 1. The lowest BCUT2D eigenvalue weighted by molar-refractivity contribution is -0.140. The molecule has 0 saturated heterocycles. The Kier molecular flexibility index (Phi) is 4.03. The number of hydrogen-bond donors (Lipinski definition) is 3. The summed E-state index contributed by atoms with van der Waals surface area (Å²) in [5, 5.41) is 11.4. The van der Waals surface area contributed by atoms with Crippen molar-refractivity contribution in [3.8, 4) is 0 Å². The smallest absolute Gasteiger partial charge is 0.308 e. The van der Waals surface area contributed by atoms with E-state index < -0.39 is 23.6 Å². The number of halogens is 1. The minimum atomic E-state index is -0.958. The minimum absolute atomic E-state index is 0.00240. The fraction of sp³-hybridized carbons (Fsp3) is 0.273. The first-order chi connectivity index (χ1) is 7.91. The van der Waals surface area contributed by atoms with Gasteiger partial charge in [-0.2, -0.15) is 0 Å². The van der Waals surface area contributed by atoms with E-state index in [4.69, 9.17) is 10.8 Å². The van der Waals surface area contributed by atoms with Gasteiger partial charge in [-0.05, 0) is 18.2 Å². The molecule has 1 unspecified atom stereocenters. The molecule has 1 aromatic carbocycles.